The molecule has 120 valence electrons. The number of nitrogens with zero attached hydrogens (tertiary/aromatic N) is 2. The number of rotatable bonds is 0. The van der Waals surface area contributed by atoms with E-state index < -0.39 is 0 Å². The topological polar surface area (TPSA) is 30.4 Å². The van der Waals surface area contributed by atoms with Gasteiger partial charge in [0.25, 0.3) is 0 Å². The maximum Gasteiger partial charge on any atom is 0.146 e. The molecule has 3 aromatic heterocycles. The van der Waals surface area contributed by atoms with Crippen LogP contribution < -0.4 is 0 Å². The average molecular weight is 332 g/mol. The Labute approximate surface area is 147 Å². The van der Waals surface area contributed by atoms with Crippen molar-refractivity contribution in [3.63, 3.8) is 0 Å². The Kier molecular flexibility index (Phi) is 2.03. The molecule has 7 aromatic rings. The molecule has 0 aliphatic heterocycles. The van der Waals surface area contributed by atoms with Crippen LogP contribution in [0.4, 0.5) is 0 Å². The zero-order chi connectivity index (χ0) is 16.8. The van der Waals surface area contributed by atoms with Crippen molar-refractivity contribution in [2.24, 2.45) is 0 Å². The van der Waals surface area contributed by atoms with E-state index in [2.05, 4.69) is 65.1 Å². The molecule has 0 spiro atoms. The van der Waals surface area contributed by atoms with Crippen molar-refractivity contribution in [1.82, 2.24) is 9.38 Å². The molecule has 0 aliphatic carbocycles. The molecule has 0 fully saturated rings. The van der Waals surface area contributed by atoms with Gasteiger partial charge in [0.15, 0.2) is 0 Å². The molecular formula is C23H12N2O. The molecule has 0 amide bonds. The Balaban J connectivity index is 2.05. The van der Waals surface area contributed by atoms with Crippen LogP contribution in [0.1, 0.15) is 0 Å². The van der Waals surface area contributed by atoms with Gasteiger partial charge in [0.2, 0.25) is 0 Å². The van der Waals surface area contributed by atoms with Crippen molar-refractivity contribution in [2.45, 2.75) is 0 Å². The highest BCUT2D eigenvalue weighted by atomic mass is 16.3. The zero-order valence-corrected chi connectivity index (χ0v) is 13.7. The van der Waals surface area contributed by atoms with E-state index in [4.69, 9.17) is 9.40 Å². The highest BCUT2D eigenvalue weighted by Crippen LogP contribution is 2.41. The Hall–Kier alpha value is -3.59. The molecule has 4 aromatic carbocycles. The number of aromatic nitrogens is 2. The minimum absolute atomic E-state index is 0.917. The summed E-state index contributed by atoms with van der Waals surface area (Å²) in [4.78, 5) is 5.00. The normalized spacial score (nSPS) is 12.6. The maximum absolute atomic E-state index is 6.18. The molecule has 0 saturated carbocycles. The van der Waals surface area contributed by atoms with Crippen molar-refractivity contribution in [2.75, 3.05) is 0 Å². The van der Waals surface area contributed by atoms with Gasteiger partial charge in [-0.05, 0) is 35.7 Å². The molecule has 0 saturated heterocycles. The van der Waals surface area contributed by atoms with Crippen LogP contribution in [0.25, 0.3) is 60.3 Å². The molecule has 3 nitrogen and oxygen atoms in total. The summed E-state index contributed by atoms with van der Waals surface area (Å²) in [6.07, 6.45) is 0. The molecule has 0 aliphatic rings. The van der Waals surface area contributed by atoms with E-state index in [-0.39, 0.29) is 0 Å². The van der Waals surface area contributed by atoms with Gasteiger partial charge in [-0.3, -0.25) is 4.40 Å². The van der Waals surface area contributed by atoms with E-state index in [1.165, 1.54) is 16.2 Å². The zero-order valence-electron chi connectivity index (χ0n) is 13.7. The second kappa shape index (κ2) is 4.14. The Morgan fingerprint density at radius 3 is 2.50 bits per heavy atom. The first-order valence-corrected chi connectivity index (χ1v) is 8.75. The molecule has 0 N–H and O–H groups in total. The molecule has 3 heteroatoms. The van der Waals surface area contributed by atoms with Crippen LogP contribution >= 0.6 is 0 Å². The lowest BCUT2D eigenvalue weighted by Crippen LogP contribution is -1.85. The van der Waals surface area contributed by atoms with E-state index in [1.54, 1.807) is 0 Å². The summed E-state index contributed by atoms with van der Waals surface area (Å²) < 4.78 is 8.48. The fourth-order valence-electron chi connectivity index (χ4n) is 4.49. The van der Waals surface area contributed by atoms with E-state index in [9.17, 15) is 0 Å². The van der Waals surface area contributed by atoms with Crippen molar-refractivity contribution in [3.05, 3.63) is 72.8 Å². The third-order valence-electron chi connectivity index (χ3n) is 5.52. The predicted octanol–water partition coefficient (Wildman–Crippen LogP) is 6.13. The largest absolute Gasteiger partial charge is 0.456 e. The van der Waals surface area contributed by atoms with E-state index in [0.29, 0.717) is 0 Å². The van der Waals surface area contributed by atoms with E-state index in [0.717, 1.165) is 44.1 Å². The lowest BCUT2D eigenvalue weighted by molar-refractivity contribution is 0.669. The molecule has 0 atom stereocenters. The van der Waals surface area contributed by atoms with Crippen molar-refractivity contribution in [3.8, 4) is 0 Å². The Morgan fingerprint density at radius 1 is 0.654 bits per heavy atom. The molecule has 0 unspecified atom stereocenters. The van der Waals surface area contributed by atoms with Gasteiger partial charge in [0.05, 0.1) is 16.6 Å². The second-order valence-corrected chi connectivity index (χ2v) is 6.85. The van der Waals surface area contributed by atoms with Crippen molar-refractivity contribution >= 4 is 60.3 Å². The standard InChI is InChI=1S/C23H12N2O/c1-2-8-16-15(7-1)24-23-14-6-4-10-18-21(14)22-19(26-18)12-11-13-5-3-9-17(20(13)22)25(16)23/h1-12H. The summed E-state index contributed by atoms with van der Waals surface area (Å²) in [6.45, 7) is 0. The predicted molar refractivity (Wildman–Crippen MR) is 106 cm³/mol. The summed E-state index contributed by atoms with van der Waals surface area (Å²) in [5, 5.41) is 5.94. The minimum Gasteiger partial charge on any atom is -0.456 e. The number of hydrogen-bond donors (Lipinski definition) is 0. The summed E-state index contributed by atoms with van der Waals surface area (Å²) in [6, 6.07) is 25.3. The molecule has 26 heavy (non-hydrogen) atoms. The number of furan rings is 1. The first-order chi connectivity index (χ1) is 12.9. The minimum atomic E-state index is 0.917. The summed E-state index contributed by atoms with van der Waals surface area (Å²) in [7, 11) is 0. The smallest absolute Gasteiger partial charge is 0.146 e. The third kappa shape index (κ3) is 1.32. The van der Waals surface area contributed by atoms with Crippen LogP contribution in [-0.2, 0) is 0 Å². The number of benzene rings is 4. The van der Waals surface area contributed by atoms with Crippen LogP contribution in [0, 0.1) is 0 Å². The third-order valence-corrected chi connectivity index (χ3v) is 5.52. The van der Waals surface area contributed by atoms with Crippen LogP contribution in [0.2, 0.25) is 0 Å². The van der Waals surface area contributed by atoms with Gasteiger partial charge in [0.1, 0.15) is 16.8 Å². The van der Waals surface area contributed by atoms with E-state index >= 15 is 0 Å². The monoisotopic (exact) mass is 332 g/mol. The maximum atomic E-state index is 6.18. The Morgan fingerprint density at radius 2 is 1.50 bits per heavy atom. The van der Waals surface area contributed by atoms with Crippen molar-refractivity contribution < 1.29 is 4.42 Å². The lowest BCUT2D eigenvalue weighted by Gasteiger charge is -2.03. The molecular weight excluding hydrogens is 320 g/mol. The summed E-state index contributed by atoms with van der Waals surface area (Å²) in [5.74, 6) is 0. The van der Waals surface area contributed by atoms with Crippen LogP contribution in [0.15, 0.2) is 77.2 Å². The van der Waals surface area contributed by atoms with Gasteiger partial charge in [-0.25, -0.2) is 4.98 Å². The average Bonchev–Trinajstić information content (AvgIpc) is 3.22. The second-order valence-electron chi connectivity index (χ2n) is 6.85. The number of hydrogen-bond acceptors (Lipinski definition) is 2. The molecule has 7 rings (SSSR count). The molecule has 0 radical (unpaired) electrons. The van der Waals surface area contributed by atoms with Crippen LogP contribution in [0.5, 0.6) is 0 Å². The molecule has 0 bridgehead atoms. The number of para-hydroxylation sites is 2. The van der Waals surface area contributed by atoms with Gasteiger partial charge in [0, 0.05) is 21.5 Å². The number of imidazole rings is 1. The van der Waals surface area contributed by atoms with Crippen LogP contribution in [-0.4, -0.2) is 9.38 Å². The van der Waals surface area contributed by atoms with E-state index in [1.807, 2.05) is 12.1 Å². The first kappa shape index (κ1) is 12.7. The highest BCUT2D eigenvalue weighted by Gasteiger charge is 2.19. The van der Waals surface area contributed by atoms with Crippen LogP contribution in [0.3, 0.4) is 0 Å². The molecule has 3 heterocycles. The quantitative estimate of drug-likeness (QED) is 0.334. The van der Waals surface area contributed by atoms with Gasteiger partial charge >= 0.3 is 0 Å². The fourth-order valence-corrected chi connectivity index (χ4v) is 4.49. The highest BCUT2D eigenvalue weighted by molar-refractivity contribution is 6.30. The fraction of sp³-hybridized carbons (Fsp3) is 0. The van der Waals surface area contributed by atoms with Crippen molar-refractivity contribution in [1.29, 1.82) is 0 Å². The number of fused-ring (bicyclic) bond motifs is 5. The summed E-state index contributed by atoms with van der Waals surface area (Å²) >= 11 is 0. The first-order valence-electron chi connectivity index (χ1n) is 8.75. The van der Waals surface area contributed by atoms with Gasteiger partial charge < -0.3 is 4.42 Å². The summed E-state index contributed by atoms with van der Waals surface area (Å²) in [5.41, 5.74) is 6.13. The van der Waals surface area contributed by atoms with Gasteiger partial charge in [-0.15, -0.1) is 0 Å². The SMILES string of the molecule is c1ccc2c(c1)nc1c3cccc4oc5ccc6cccc(c6c5c43)n21. The van der Waals surface area contributed by atoms with Gasteiger partial charge in [-0.2, -0.15) is 0 Å². The lowest BCUT2D eigenvalue weighted by atomic mass is 10.0. The Bertz CT molecular complexity index is 1630. The van der Waals surface area contributed by atoms with Gasteiger partial charge in [-0.1, -0.05) is 42.5 Å².